The number of fused-ring (bicyclic) bond motifs is 4. The van der Waals surface area contributed by atoms with Crippen LogP contribution in [-0.4, -0.2) is 10.6 Å². The fraction of sp³-hybridized carbons (Fsp3) is 0.0889. The highest BCUT2D eigenvalue weighted by molar-refractivity contribution is 5.95. The summed E-state index contributed by atoms with van der Waals surface area (Å²) in [4.78, 5) is 2.22. The van der Waals surface area contributed by atoms with Crippen LogP contribution in [0.5, 0.6) is 0 Å². The summed E-state index contributed by atoms with van der Waals surface area (Å²) >= 11 is 0. The lowest BCUT2D eigenvalue weighted by molar-refractivity contribution is 0.741. The molecule has 6 aromatic rings. The fourth-order valence-electron chi connectivity index (χ4n) is 7.80. The number of benzene rings is 5. The molecule has 5 aromatic carbocycles. The largest absolute Gasteiger partial charge is 0.332 e. The van der Waals surface area contributed by atoms with E-state index < -0.39 is 0 Å². The molecular weight excluding hydrogens is 611 g/mol. The number of allylic oxidation sites excluding steroid dienone is 3. The van der Waals surface area contributed by atoms with E-state index in [4.69, 9.17) is 0 Å². The second kappa shape index (κ2) is 12.3. The smallest absolute Gasteiger partial charge is 0.101 e. The Morgan fingerprint density at radius 2 is 1.44 bits per heavy atom. The molecule has 0 bridgehead atoms. The number of anilines is 2. The van der Waals surface area contributed by atoms with Crippen LogP contribution in [0.2, 0.25) is 0 Å². The van der Waals surface area contributed by atoms with E-state index in [0.29, 0.717) is 16.7 Å². The van der Waals surface area contributed by atoms with E-state index in [1.807, 2.05) is 73.7 Å². The molecular formula is C45H31N5. The number of hydrogen-bond donors (Lipinski definition) is 0. The van der Waals surface area contributed by atoms with Crippen molar-refractivity contribution in [2.24, 2.45) is 0 Å². The van der Waals surface area contributed by atoms with E-state index >= 15 is 0 Å². The zero-order valence-corrected chi connectivity index (χ0v) is 27.7. The maximum atomic E-state index is 10.6. The molecule has 0 N–H and O–H groups in total. The standard InChI is InChI=1S/C45H31N5/c1-3-11-39-29(2)34-13-4-7-17-41(34)49(39)43-19-9-6-15-37(43)45-32(27-47)12-10-16-35(45)31-21-23-40(33(25-31)28-48)50-42-18-8-5-14-36(42)38-24-30(26-46)20-22-44(38)50/h3-25,38,44H,1-2H3/b11-3-. The SMILES string of the molecule is C/C=C\c1c(C)c2ccccc2n1-c1ccccc1-c1c(C#N)cccc1-c1ccc(N2c3ccccc3C3C=C(C#N)C=CC32)c(C#N)c1. The Labute approximate surface area is 291 Å². The van der Waals surface area contributed by atoms with Gasteiger partial charge in [0, 0.05) is 39.4 Å². The second-order valence-electron chi connectivity index (χ2n) is 12.6. The van der Waals surface area contributed by atoms with Gasteiger partial charge in [-0.2, -0.15) is 15.8 Å². The molecule has 2 atom stereocenters. The third-order valence-electron chi connectivity index (χ3n) is 9.97. The molecule has 0 spiro atoms. The van der Waals surface area contributed by atoms with E-state index in [9.17, 15) is 15.8 Å². The van der Waals surface area contributed by atoms with Gasteiger partial charge in [-0.3, -0.25) is 0 Å². The summed E-state index contributed by atoms with van der Waals surface area (Å²) < 4.78 is 2.28. The highest BCUT2D eigenvalue weighted by atomic mass is 15.2. The second-order valence-corrected chi connectivity index (χ2v) is 12.6. The van der Waals surface area contributed by atoms with Gasteiger partial charge in [0.15, 0.2) is 0 Å². The van der Waals surface area contributed by atoms with Crippen LogP contribution < -0.4 is 4.90 Å². The van der Waals surface area contributed by atoms with Crippen LogP contribution in [0.3, 0.4) is 0 Å². The number of aromatic nitrogens is 1. The van der Waals surface area contributed by atoms with Gasteiger partial charge in [-0.25, -0.2) is 0 Å². The monoisotopic (exact) mass is 641 g/mol. The van der Waals surface area contributed by atoms with Crippen LogP contribution in [0.4, 0.5) is 11.4 Å². The minimum atomic E-state index is -0.0574. The van der Waals surface area contributed by atoms with Crippen LogP contribution in [0.15, 0.2) is 139 Å². The lowest BCUT2D eigenvalue weighted by atomic mass is 9.88. The molecule has 0 radical (unpaired) electrons. The molecule has 1 aliphatic carbocycles. The Bertz CT molecular complexity index is 2580. The Kier molecular flexibility index (Phi) is 7.49. The molecule has 1 aliphatic heterocycles. The molecule has 2 unspecified atom stereocenters. The topological polar surface area (TPSA) is 79.5 Å². The first-order chi connectivity index (χ1) is 24.6. The summed E-state index contributed by atoms with van der Waals surface area (Å²) in [6.45, 7) is 4.18. The van der Waals surface area contributed by atoms with Gasteiger partial charge in [0.1, 0.15) is 6.07 Å². The van der Waals surface area contributed by atoms with Crippen LogP contribution in [-0.2, 0) is 0 Å². The van der Waals surface area contributed by atoms with Crippen molar-refractivity contribution < 1.29 is 0 Å². The lowest BCUT2D eigenvalue weighted by Gasteiger charge is -2.30. The zero-order chi connectivity index (χ0) is 34.4. The first-order valence-electron chi connectivity index (χ1n) is 16.7. The first-order valence-corrected chi connectivity index (χ1v) is 16.7. The summed E-state index contributed by atoms with van der Waals surface area (Å²) in [5.41, 5.74) is 12.5. The predicted octanol–water partition coefficient (Wildman–Crippen LogP) is 10.7. The maximum Gasteiger partial charge on any atom is 0.101 e. The van der Waals surface area contributed by atoms with Crippen molar-refractivity contribution in [2.45, 2.75) is 25.8 Å². The normalized spacial score (nSPS) is 16.1. The minimum absolute atomic E-state index is 0.00772. The van der Waals surface area contributed by atoms with Crippen LogP contribution in [0.1, 0.15) is 40.8 Å². The summed E-state index contributed by atoms with van der Waals surface area (Å²) in [5, 5.41) is 31.9. The molecule has 1 aromatic heterocycles. The molecule has 0 fully saturated rings. The highest BCUT2D eigenvalue weighted by Gasteiger charge is 2.39. The van der Waals surface area contributed by atoms with Crippen LogP contribution in [0.25, 0.3) is 44.9 Å². The van der Waals surface area contributed by atoms with Crippen molar-refractivity contribution in [1.82, 2.24) is 4.57 Å². The molecule has 5 nitrogen and oxygen atoms in total. The fourth-order valence-corrected chi connectivity index (χ4v) is 7.80. The molecule has 0 saturated heterocycles. The number of para-hydroxylation sites is 3. The van der Waals surface area contributed by atoms with Gasteiger partial charge < -0.3 is 9.47 Å². The van der Waals surface area contributed by atoms with Gasteiger partial charge in [0.25, 0.3) is 0 Å². The van der Waals surface area contributed by atoms with Crippen LogP contribution >= 0.6 is 0 Å². The Morgan fingerprint density at radius 3 is 2.24 bits per heavy atom. The number of nitrogens with zero attached hydrogens (tertiary/aromatic N) is 5. The first kappa shape index (κ1) is 30.5. The molecule has 236 valence electrons. The van der Waals surface area contributed by atoms with E-state index in [0.717, 1.165) is 56.1 Å². The van der Waals surface area contributed by atoms with Crippen LogP contribution in [0, 0.1) is 40.9 Å². The molecule has 2 heterocycles. The maximum absolute atomic E-state index is 10.6. The van der Waals surface area contributed by atoms with Crippen molar-refractivity contribution in [3.63, 3.8) is 0 Å². The number of nitriles is 3. The van der Waals surface area contributed by atoms with Crippen molar-refractivity contribution in [1.29, 1.82) is 15.8 Å². The van der Waals surface area contributed by atoms with Crippen molar-refractivity contribution in [2.75, 3.05) is 4.90 Å². The Balaban J connectivity index is 1.31. The minimum Gasteiger partial charge on any atom is -0.332 e. The number of aryl methyl sites for hydroxylation is 1. The average Bonchev–Trinajstić information content (AvgIpc) is 3.65. The van der Waals surface area contributed by atoms with Crippen molar-refractivity contribution in [3.8, 4) is 46.1 Å². The number of rotatable bonds is 5. The third-order valence-corrected chi connectivity index (χ3v) is 9.97. The zero-order valence-electron chi connectivity index (χ0n) is 27.7. The molecule has 8 rings (SSSR count). The van der Waals surface area contributed by atoms with Crippen molar-refractivity contribution >= 4 is 28.4 Å². The third kappa shape index (κ3) is 4.67. The van der Waals surface area contributed by atoms with Gasteiger partial charge in [-0.15, -0.1) is 0 Å². The molecule has 5 heteroatoms. The highest BCUT2D eigenvalue weighted by Crippen LogP contribution is 2.50. The van der Waals surface area contributed by atoms with Gasteiger partial charge in [-0.1, -0.05) is 91.0 Å². The quantitative estimate of drug-likeness (QED) is 0.188. The van der Waals surface area contributed by atoms with Gasteiger partial charge in [0.2, 0.25) is 0 Å². The Morgan fingerprint density at radius 1 is 0.700 bits per heavy atom. The molecule has 0 saturated carbocycles. The predicted molar refractivity (Wildman–Crippen MR) is 201 cm³/mol. The Hall–Kier alpha value is -6.87. The summed E-state index contributed by atoms with van der Waals surface area (Å²) in [5.74, 6) is 0.00772. The van der Waals surface area contributed by atoms with Gasteiger partial charge in [0.05, 0.1) is 46.2 Å². The van der Waals surface area contributed by atoms with E-state index in [1.165, 1.54) is 10.9 Å². The molecule has 2 aliphatic rings. The summed E-state index contributed by atoms with van der Waals surface area (Å²) in [7, 11) is 0. The molecule has 0 amide bonds. The molecule has 50 heavy (non-hydrogen) atoms. The number of hydrogen-bond acceptors (Lipinski definition) is 4. The van der Waals surface area contributed by atoms with Crippen molar-refractivity contribution in [3.05, 3.63) is 167 Å². The van der Waals surface area contributed by atoms with Gasteiger partial charge in [-0.05, 0) is 84.7 Å². The summed E-state index contributed by atoms with van der Waals surface area (Å²) in [6, 6.07) is 43.9. The van der Waals surface area contributed by atoms with E-state index in [-0.39, 0.29) is 12.0 Å². The van der Waals surface area contributed by atoms with E-state index in [1.54, 1.807) is 0 Å². The van der Waals surface area contributed by atoms with E-state index in [2.05, 4.69) is 107 Å². The lowest BCUT2D eigenvalue weighted by Crippen LogP contribution is -2.29. The summed E-state index contributed by atoms with van der Waals surface area (Å²) in [6.07, 6.45) is 10.2. The average molecular weight is 642 g/mol. The van der Waals surface area contributed by atoms with Gasteiger partial charge >= 0.3 is 0 Å².